The molecule has 2 fully saturated rings. The Morgan fingerprint density at radius 2 is 1.75 bits per heavy atom. The molecule has 7 heteroatoms. The van der Waals surface area contributed by atoms with E-state index in [2.05, 4.69) is 0 Å². The van der Waals surface area contributed by atoms with Gasteiger partial charge in [0, 0.05) is 37.2 Å². The van der Waals surface area contributed by atoms with Crippen molar-refractivity contribution < 1.29 is 19.1 Å². The van der Waals surface area contributed by atoms with Crippen LogP contribution in [0.3, 0.4) is 0 Å². The molecule has 1 aromatic rings. The van der Waals surface area contributed by atoms with E-state index < -0.39 is 11.5 Å². The van der Waals surface area contributed by atoms with E-state index in [9.17, 15) is 14.4 Å². The quantitative estimate of drug-likeness (QED) is 0.862. The topological polar surface area (TPSA) is 92.9 Å². The second-order valence-electron chi connectivity index (χ2n) is 8.74. The summed E-state index contributed by atoms with van der Waals surface area (Å²) >= 11 is 0. The molecule has 0 aromatic heterocycles. The van der Waals surface area contributed by atoms with Crippen molar-refractivity contribution >= 4 is 17.9 Å². The Balaban J connectivity index is 1.56. The maximum atomic E-state index is 13.0. The predicted octanol–water partition coefficient (Wildman–Crippen LogP) is 2.36. The minimum atomic E-state index is -0.529. The first-order valence-electron chi connectivity index (χ1n) is 9.75. The molecule has 28 heavy (non-hydrogen) atoms. The van der Waals surface area contributed by atoms with E-state index in [4.69, 9.17) is 10.5 Å². The molecular formula is C21H29N3O4. The van der Waals surface area contributed by atoms with E-state index in [0.29, 0.717) is 25.2 Å². The summed E-state index contributed by atoms with van der Waals surface area (Å²) < 4.78 is 5.43. The van der Waals surface area contributed by atoms with Crippen molar-refractivity contribution in [3.63, 3.8) is 0 Å². The number of nitrogens with two attached hydrogens (primary N) is 1. The molecule has 0 radical (unpaired) electrons. The Kier molecular flexibility index (Phi) is 5.37. The van der Waals surface area contributed by atoms with Crippen LogP contribution in [-0.4, -0.2) is 59.0 Å². The molecular weight excluding hydrogens is 358 g/mol. The Hall–Kier alpha value is -2.57. The molecule has 3 atom stereocenters. The summed E-state index contributed by atoms with van der Waals surface area (Å²) in [4.78, 5) is 40.0. The minimum Gasteiger partial charge on any atom is -0.444 e. The van der Waals surface area contributed by atoms with Crippen LogP contribution in [0.25, 0.3) is 0 Å². The Morgan fingerprint density at radius 1 is 1.11 bits per heavy atom. The van der Waals surface area contributed by atoms with Crippen molar-refractivity contribution in [2.24, 2.45) is 11.7 Å². The van der Waals surface area contributed by atoms with E-state index >= 15 is 0 Å². The van der Waals surface area contributed by atoms with E-state index in [-0.39, 0.29) is 29.9 Å². The number of nitrogens with zero attached hydrogens (tertiary/aromatic N) is 2. The molecule has 0 spiro atoms. The van der Waals surface area contributed by atoms with Gasteiger partial charge in [0.15, 0.2) is 0 Å². The van der Waals surface area contributed by atoms with Crippen LogP contribution in [0.4, 0.5) is 4.79 Å². The maximum absolute atomic E-state index is 13.0. The van der Waals surface area contributed by atoms with E-state index in [1.54, 1.807) is 17.0 Å². The third-order valence-electron chi connectivity index (χ3n) is 5.29. The number of ether oxygens (including phenoxy) is 1. The molecule has 1 aliphatic heterocycles. The van der Waals surface area contributed by atoms with Crippen molar-refractivity contribution in [3.8, 4) is 0 Å². The van der Waals surface area contributed by atoms with Gasteiger partial charge in [0.2, 0.25) is 11.8 Å². The van der Waals surface area contributed by atoms with E-state index in [1.165, 1.54) is 0 Å². The lowest BCUT2D eigenvalue weighted by Gasteiger charge is -2.40. The molecule has 0 unspecified atom stereocenters. The molecule has 3 amide bonds. The van der Waals surface area contributed by atoms with Crippen LogP contribution in [0.2, 0.25) is 0 Å². The summed E-state index contributed by atoms with van der Waals surface area (Å²) in [7, 11) is 0. The monoisotopic (exact) mass is 387 g/mol. The van der Waals surface area contributed by atoms with Gasteiger partial charge >= 0.3 is 6.09 Å². The number of carbonyl (C=O) groups excluding carboxylic acids is 3. The van der Waals surface area contributed by atoms with Gasteiger partial charge in [-0.15, -0.1) is 0 Å². The summed E-state index contributed by atoms with van der Waals surface area (Å²) in [5.41, 5.74) is 6.27. The molecule has 1 saturated heterocycles. The summed E-state index contributed by atoms with van der Waals surface area (Å²) in [6.45, 7) is 8.98. The number of amides is 3. The molecule has 7 nitrogen and oxygen atoms in total. The summed E-state index contributed by atoms with van der Waals surface area (Å²) in [5.74, 6) is -0.160. The van der Waals surface area contributed by atoms with Gasteiger partial charge in [-0.3, -0.25) is 9.59 Å². The van der Waals surface area contributed by atoms with Gasteiger partial charge in [-0.05, 0) is 57.7 Å². The van der Waals surface area contributed by atoms with Crippen molar-refractivity contribution in [3.05, 3.63) is 35.4 Å². The van der Waals surface area contributed by atoms with Crippen LogP contribution < -0.4 is 5.73 Å². The first kappa shape index (κ1) is 20.2. The number of benzene rings is 1. The summed E-state index contributed by atoms with van der Waals surface area (Å²) in [5, 5.41) is 0. The molecule has 1 aromatic carbocycles. The number of hydrogen-bond acceptors (Lipinski definition) is 4. The average Bonchev–Trinajstić information content (AvgIpc) is 3.40. The van der Waals surface area contributed by atoms with Crippen LogP contribution in [0.15, 0.2) is 24.3 Å². The van der Waals surface area contributed by atoms with Crippen LogP contribution in [0.1, 0.15) is 56.0 Å². The zero-order valence-corrected chi connectivity index (χ0v) is 17.0. The third kappa shape index (κ3) is 4.46. The SMILES string of the molecule is C[C@@H]1CN(C(=O)OC(C)(C)C)CCN1C(=O)[C@H]1C[C@@H]1c1ccc(C(N)=O)cc1. The van der Waals surface area contributed by atoms with Crippen LogP contribution in [0, 0.1) is 5.92 Å². The number of carbonyl (C=O) groups is 3. The van der Waals surface area contributed by atoms with Gasteiger partial charge in [0.05, 0.1) is 0 Å². The second kappa shape index (κ2) is 7.45. The largest absolute Gasteiger partial charge is 0.444 e. The van der Waals surface area contributed by atoms with Crippen LogP contribution in [0.5, 0.6) is 0 Å². The highest BCUT2D eigenvalue weighted by atomic mass is 16.6. The lowest BCUT2D eigenvalue weighted by atomic mass is 10.1. The van der Waals surface area contributed by atoms with Gasteiger partial charge in [-0.2, -0.15) is 0 Å². The molecule has 3 rings (SSSR count). The molecule has 152 valence electrons. The first-order valence-corrected chi connectivity index (χ1v) is 9.75. The van der Waals surface area contributed by atoms with E-state index in [1.807, 2.05) is 44.7 Å². The van der Waals surface area contributed by atoms with Gasteiger partial charge in [0.25, 0.3) is 0 Å². The predicted molar refractivity (Wildman–Crippen MR) is 105 cm³/mol. The molecule has 1 heterocycles. The third-order valence-corrected chi connectivity index (χ3v) is 5.29. The normalized spacial score (nSPS) is 24.6. The lowest BCUT2D eigenvalue weighted by molar-refractivity contribution is -0.137. The molecule has 1 saturated carbocycles. The molecule has 2 aliphatic rings. The highest BCUT2D eigenvalue weighted by Gasteiger charge is 2.47. The number of primary amides is 1. The van der Waals surface area contributed by atoms with Crippen LogP contribution >= 0.6 is 0 Å². The second-order valence-corrected chi connectivity index (χ2v) is 8.74. The highest BCUT2D eigenvalue weighted by molar-refractivity contribution is 5.92. The summed E-state index contributed by atoms with van der Waals surface area (Å²) in [6.07, 6.45) is 0.485. The molecule has 2 N–H and O–H groups in total. The number of piperazine rings is 1. The average molecular weight is 387 g/mol. The zero-order chi connectivity index (χ0) is 20.6. The highest BCUT2D eigenvalue weighted by Crippen LogP contribution is 2.48. The summed E-state index contributed by atoms with van der Waals surface area (Å²) in [6, 6.07) is 7.12. The van der Waals surface area contributed by atoms with E-state index in [0.717, 1.165) is 12.0 Å². The maximum Gasteiger partial charge on any atom is 0.410 e. The van der Waals surface area contributed by atoms with Gasteiger partial charge in [0.1, 0.15) is 5.60 Å². The van der Waals surface area contributed by atoms with Crippen molar-refractivity contribution in [2.45, 2.75) is 51.7 Å². The van der Waals surface area contributed by atoms with Crippen molar-refractivity contribution in [2.75, 3.05) is 19.6 Å². The fraction of sp³-hybridized carbons (Fsp3) is 0.571. The van der Waals surface area contributed by atoms with Gasteiger partial charge < -0.3 is 20.3 Å². The molecule has 1 aliphatic carbocycles. The smallest absolute Gasteiger partial charge is 0.410 e. The van der Waals surface area contributed by atoms with Crippen molar-refractivity contribution in [1.29, 1.82) is 0 Å². The zero-order valence-electron chi connectivity index (χ0n) is 17.0. The number of rotatable bonds is 3. The standard InChI is InChI=1S/C21H29N3O4/c1-13-12-23(20(27)28-21(2,3)4)9-10-24(13)19(26)17-11-16(17)14-5-7-15(8-6-14)18(22)25/h5-8,13,16-17H,9-12H2,1-4H3,(H2,22,25)/t13-,16-,17+/m1/s1. The fourth-order valence-electron chi connectivity index (χ4n) is 3.72. The Morgan fingerprint density at radius 3 is 2.29 bits per heavy atom. The Labute approximate surface area is 165 Å². The van der Waals surface area contributed by atoms with Gasteiger partial charge in [-0.25, -0.2) is 4.79 Å². The number of hydrogen-bond donors (Lipinski definition) is 1. The molecule has 0 bridgehead atoms. The fourth-order valence-corrected chi connectivity index (χ4v) is 3.72. The van der Waals surface area contributed by atoms with Crippen LogP contribution in [-0.2, 0) is 9.53 Å². The lowest BCUT2D eigenvalue weighted by Crippen LogP contribution is -2.56. The Bertz CT molecular complexity index is 769. The van der Waals surface area contributed by atoms with Crippen molar-refractivity contribution in [1.82, 2.24) is 9.80 Å². The first-order chi connectivity index (χ1) is 13.1. The minimum absolute atomic E-state index is 0.0324. The van der Waals surface area contributed by atoms with Gasteiger partial charge in [-0.1, -0.05) is 12.1 Å².